The van der Waals surface area contributed by atoms with E-state index in [1.165, 1.54) is 11.8 Å². The molecule has 0 spiro atoms. The molecule has 1 aromatic heterocycles. The van der Waals surface area contributed by atoms with Crippen LogP contribution >= 0.6 is 11.8 Å². The molecule has 5 heteroatoms. The minimum atomic E-state index is -0.975. The highest BCUT2D eigenvalue weighted by molar-refractivity contribution is 7.99. The molecule has 0 atom stereocenters. The van der Waals surface area contributed by atoms with Crippen molar-refractivity contribution in [3.8, 4) is 11.8 Å². The quantitative estimate of drug-likeness (QED) is 0.388. The van der Waals surface area contributed by atoms with Gasteiger partial charge in [-0.15, -0.1) is 23.6 Å². The number of hydrogen-bond acceptors (Lipinski definition) is 4. The van der Waals surface area contributed by atoms with E-state index in [1.54, 1.807) is 13.8 Å². The molecule has 0 aromatic carbocycles. The number of carboxylic acid groups (broad SMARTS) is 1. The van der Waals surface area contributed by atoms with Crippen LogP contribution in [0.5, 0.6) is 0 Å². The number of carbonyl (C=O) groups is 1. The van der Waals surface area contributed by atoms with Crippen LogP contribution in [0.15, 0.2) is 5.03 Å². The number of aromatic nitrogens is 2. The number of hydrogen-bond donors (Lipinski definition) is 1. The molecule has 1 heterocycles. The number of thioether (sulfide) groups is 1. The summed E-state index contributed by atoms with van der Waals surface area (Å²) in [4.78, 5) is 19.9. The summed E-state index contributed by atoms with van der Waals surface area (Å²) in [6.45, 7) is 7.49. The molecule has 0 amide bonds. The Hall–Kier alpha value is -1.54. The fraction of sp³-hybridized carbons (Fsp3) is 0.500. The number of aryl methyl sites for hydroxylation is 1. The molecule has 0 aliphatic rings. The van der Waals surface area contributed by atoms with Crippen LogP contribution in [-0.4, -0.2) is 26.8 Å². The smallest absolute Gasteiger partial charge is 0.340 e. The highest BCUT2D eigenvalue weighted by Crippen LogP contribution is 2.25. The SMILES string of the molecule is CC#CCCSc1nc(C(C)C)nc(C)c1C(=O)O. The van der Waals surface area contributed by atoms with Gasteiger partial charge in [0.2, 0.25) is 0 Å². The largest absolute Gasteiger partial charge is 0.478 e. The molecule has 4 nitrogen and oxygen atoms in total. The van der Waals surface area contributed by atoms with Gasteiger partial charge in [0.15, 0.2) is 0 Å². The zero-order valence-corrected chi connectivity index (χ0v) is 12.5. The standard InChI is InChI=1S/C14H18N2O2S/c1-5-6-7-8-19-13-11(14(17)18)10(4)15-12(16-13)9(2)3/h9H,7-8H2,1-4H3,(H,17,18). The Morgan fingerprint density at radius 2 is 2.11 bits per heavy atom. The maximum atomic E-state index is 11.3. The number of carboxylic acids is 1. The fourth-order valence-electron chi connectivity index (χ4n) is 1.50. The summed E-state index contributed by atoms with van der Waals surface area (Å²) in [5.41, 5.74) is 0.731. The lowest BCUT2D eigenvalue weighted by molar-refractivity contribution is 0.0690. The third-order valence-electron chi connectivity index (χ3n) is 2.45. The summed E-state index contributed by atoms with van der Waals surface area (Å²) in [6, 6.07) is 0. The molecule has 0 saturated carbocycles. The van der Waals surface area contributed by atoms with E-state index in [-0.39, 0.29) is 11.5 Å². The molecule has 0 saturated heterocycles. The van der Waals surface area contributed by atoms with Crippen LogP contribution in [-0.2, 0) is 0 Å². The zero-order valence-electron chi connectivity index (χ0n) is 11.6. The summed E-state index contributed by atoms with van der Waals surface area (Å²) < 4.78 is 0. The molecule has 0 aliphatic carbocycles. The molecular formula is C14H18N2O2S. The van der Waals surface area contributed by atoms with Gasteiger partial charge >= 0.3 is 5.97 Å². The first-order valence-corrected chi connectivity index (χ1v) is 7.10. The summed E-state index contributed by atoms with van der Waals surface area (Å²) in [6.07, 6.45) is 0.723. The van der Waals surface area contributed by atoms with Gasteiger partial charge in [0, 0.05) is 18.1 Å². The highest BCUT2D eigenvalue weighted by Gasteiger charge is 2.19. The van der Waals surface area contributed by atoms with E-state index < -0.39 is 5.97 Å². The first kappa shape index (κ1) is 15.5. The zero-order chi connectivity index (χ0) is 14.4. The second-order valence-corrected chi connectivity index (χ2v) is 5.42. The molecule has 102 valence electrons. The normalized spacial score (nSPS) is 10.2. The second-order valence-electron chi connectivity index (χ2n) is 4.33. The van der Waals surface area contributed by atoms with Crippen molar-refractivity contribution in [2.75, 3.05) is 5.75 Å². The third-order valence-corrected chi connectivity index (χ3v) is 3.42. The van der Waals surface area contributed by atoms with Crippen molar-refractivity contribution in [1.29, 1.82) is 0 Å². The third kappa shape index (κ3) is 4.25. The van der Waals surface area contributed by atoms with Crippen molar-refractivity contribution >= 4 is 17.7 Å². The molecule has 0 radical (unpaired) electrons. The van der Waals surface area contributed by atoms with E-state index in [1.807, 2.05) is 13.8 Å². The van der Waals surface area contributed by atoms with Crippen molar-refractivity contribution in [3.63, 3.8) is 0 Å². The van der Waals surface area contributed by atoms with Crippen molar-refractivity contribution in [3.05, 3.63) is 17.1 Å². The van der Waals surface area contributed by atoms with Crippen molar-refractivity contribution in [2.24, 2.45) is 0 Å². The number of nitrogens with zero attached hydrogens (tertiary/aromatic N) is 2. The van der Waals surface area contributed by atoms with Crippen LogP contribution in [0, 0.1) is 18.8 Å². The molecule has 0 unspecified atom stereocenters. The average Bonchev–Trinajstić information content (AvgIpc) is 2.33. The minimum Gasteiger partial charge on any atom is -0.478 e. The molecule has 1 aromatic rings. The van der Waals surface area contributed by atoms with Crippen LogP contribution in [0.2, 0.25) is 0 Å². The lowest BCUT2D eigenvalue weighted by Crippen LogP contribution is -2.10. The van der Waals surface area contributed by atoms with E-state index in [9.17, 15) is 9.90 Å². The van der Waals surface area contributed by atoms with Gasteiger partial charge in [0.25, 0.3) is 0 Å². The number of rotatable bonds is 5. The Morgan fingerprint density at radius 1 is 1.42 bits per heavy atom. The Morgan fingerprint density at radius 3 is 2.63 bits per heavy atom. The van der Waals surface area contributed by atoms with Crippen LogP contribution in [0.4, 0.5) is 0 Å². The molecular weight excluding hydrogens is 260 g/mol. The maximum absolute atomic E-state index is 11.3. The highest BCUT2D eigenvalue weighted by atomic mass is 32.2. The lowest BCUT2D eigenvalue weighted by Gasteiger charge is -2.11. The summed E-state index contributed by atoms with van der Waals surface area (Å²) in [7, 11) is 0. The Balaban J connectivity index is 3.08. The topological polar surface area (TPSA) is 63.1 Å². The first-order chi connectivity index (χ1) is 8.97. The first-order valence-electron chi connectivity index (χ1n) is 6.11. The summed E-state index contributed by atoms with van der Waals surface area (Å²) >= 11 is 1.43. The van der Waals surface area contributed by atoms with Gasteiger partial charge in [-0.25, -0.2) is 14.8 Å². The Kier molecular flexibility index (Phi) is 5.84. The van der Waals surface area contributed by atoms with E-state index in [2.05, 4.69) is 21.8 Å². The predicted molar refractivity (Wildman–Crippen MR) is 76.6 cm³/mol. The fourth-order valence-corrected chi connectivity index (χ4v) is 2.43. The van der Waals surface area contributed by atoms with Crippen LogP contribution in [0.3, 0.4) is 0 Å². The van der Waals surface area contributed by atoms with E-state index in [0.29, 0.717) is 16.5 Å². The monoisotopic (exact) mass is 278 g/mol. The molecule has 19 heavy (non-hydrogen) atoms. The Labute approximate surface area is 118 Å². The summed E-state index contributed by atoms with van der Waals surface area (Å²) in [5, 5.41) is 9.80. The Bertz CT molecular complexity index is 530. The number of aromatic carboxylic acids is 1. The molecule has 0 fully saturated rings. The summed E-state index contributed by atoms with van der Waals surface area (Å²) in [5.74, 6) is 6.40. The maximum Gasteiger partial charge on any atom is 0.340 e. The molecule has 1 rings (SSSR count). The lowest BCUT2D eigenvalue weighted by atomic mass is 10.2. The van der Waals surface area contributed by atoms with Gasteiger partial charge in [-0.2, -0.15) is 0 Å². The van der Waals surface area contributed by atoms with Gasteiger partial charge in [0.1, 0.15) is 16.4 Å². The average molecular weight is 278 g/mol. The van der Waals surface area contributed by atoms with Crippen LogP contribution in [0.1, 0.15) is 55.0 Å². The van der Waals surface area contributed by atoms with Gasteiger partial charge in [-0.1, -0.05) is 13.8 Å². The van der Waals surface area contributed by atoms with Gasteiger partial charge in [-0.3, -0.25) is 0 Å². The van der Waals surface area contributed by atoms with Crippen molar-refractivity contribution in [1.82, 2.24) is 9.97 Å². The van der Waals surface area contributed by atoms with Crippen molar-refractivity contribution in [2.45, 2.75) is 45.1 Å². The van der Waals surface area contributed by atoms with Gasteiger partial charge in [-0.05, 0) is 13.8 Å². The van der Waals surface area contributed by atoms with Crippen molar-refractivity contribution < 1.29 is 9.90 Å². The van der Waals surface area contributed by atoms with E-state index in [4.69, 9.17) is 0 Å². The van der Waals surface area contributed by atoms with E-state index in [0.717, 1.165) is 12.2 Å². The minimum absolute atomic E-state index is 0.177. The van der Waals surface area contributed by atoms with Gasteiger partial charge in [0.05, 0.1) is 5.69 Å². The molecule has 1 N–H and O–H groups in total. The van der Waals surface area contributed by atoms with E-state index >= 15 is 0 Å². The van der Waals surface area contributed by atoms with Crippen LogP contribution < -0.4 is 0 Å². The molecule has 0 bridgehead atoms. The van der Waals surface area contributed by atoms with Gasteiger partial charge < -0.3 is 5.11 Å². The molecule has 0 aliphatic heterocycles. The second kappa shape index (κ2) is 7.15. The predicted octanol–water partition coefficient (Wildman–Crippen LogP) is 3.11. The van der Waals surface area contributed by atoms with Crippen LogP contribution in [0.25, 0.3) is 0 Å².